The average molecular weight is 735 g/mol. The number of Topliss-reactive ketones (excluding diaryl/α,β-unsaturated/α-hetero) is 1. The number of anilines is 2. The fraction of sp³-hybridized carbons (Fsp3) is 0.475. The minimum atomic E-state index is -1.19. The second-order valence-electron chi connectivity index (χ2n) is 12.9. The van der Waals surface area contributed by atoms with Crippen LogP contribution >= 0.6 is 11.6 Å². The molecule has 3 aromatic carbocycles. The van der Waals surface area contributed by atoms with Gasteiger partial charge in [0.1, 0.15) is 11.5 Å². The van der Waals surface area contributed by atoms with E-state index in [1.807, 2.05) is 24.3 Å². The lowest BCUT2D eigenvalue weighted by Gasteiger charge is -2.40. The molecule has 3 aromatic rings. The highest BCUT2D eigenvalue weighted by molar-refractivity contribution is 6.53. The third kappa shape index (κ3) is 7.84. The molecular weight excluding hydrogens is 684 g/mol. The average Bonchev–Trinajstić information content (AvgIpc) is 3.34. The molecule has 4 N–H and O–H groups in total. The summed E-state index contributed by atoms with van der Waals surface area (Å²) in [6.45, 7) is 6.35. The van der Waals surface area contributed by atoms with Crippen molar-refractivity contribution in [3.63, 3.8) is 0 Å². The molecule has 3 aliphatic heterocycles. The SMILES string of the molecule is CO.CO.N=C1C(=O)c2ccc(C(=O)NCCOCCOCCCCCCCl)cc2C12c1ccc(N3CCC3)cc1Oc1cc(N3CCC3)ccc12. The van der Waals surface area contributed by atoms with Crippen molar-refractivity contribution in [1.29, 1.82) is 5.41 Å². The highest BCUT2D eigenvalue weighted by Gasteiger charge is 2.56. The number of carbonyl (C=O) groups is 2. The number of halogens is 1. The van der Waals surface area contributed by atoms with Crippen molar-refractivity contribution in [1.82, 2.24) is 5.32 Å². The van der Waals surface area contributed by atoms with E-state index in [0.29, 0.717) is 67.0 Å². The van der Waals surface area contributed by atoms with Crippen molar-refractivity contribution in [2.24, 2.45) is 0 Å². The Labute approximate surface area is 311 Å². The van der Waals surface area contributed by atoms with Gasteiger partial charge in [0, 0.05) is 105 Å². The van der Waals surface area contributed by atoms with Crippen LogP contribution < -0.4 is 19.9 Å². The highest BCUT2D eigenvalue weighted by Crippen LogP contribution is 2.57. The maximum absolute atomic E-state index is 13.8. The van der Waals surface area contributed by atoms with Gasteiger partial charge in [-0.15, -0.1) is 11.6 Å². The van der Waals surface area contributed by atoms with E-state index in [1.165, 1.54) is 0 Å². The number of nitrogens with zero attached hydrogens (tertiary/aromatic N) is 2. The molecule has 1 aliphatic carbocycles. The monoisotopic (exact) mass is 734 g/mol. The lowest BCUT2D eigenvalue weighted by atomic mass is 9.67. The van der Waals surface area contributed by atoms with E-state index in [9.17, 15) is 15.0 Å². The fourth-order valence-corrected chi connectivity index (χ4v) is 7.31. The maximum atomic E-state index is 13.8. The van der Waals surface area contributed by atoms with E-state index in [1.54, 1.807) is 18.2 Å². The zero-order chi connectivity index (χ0) is 37.1. The highest BCUT2D eigenvalue weighted by atomic mass is 35.5. The Morgan fingerprint density at radius 3 is 1.92 bits per heavy atom. The van der Waals surface area contributed by atoms with Crippen LogP contribution in [-0.2, 0) is 14.9 Å². The molecule has 2 saturated heterocycles. The van der Waals surface area contributed by atoms with Gasteiger partial charge in [0.05, 0.1) is 30.9 Å². The van der Waals surface area contributed by atoms with Crippen molar-refractivity contribution in [3.05, 3.63) is 82.4 Å². The summed E-state index contributed by atoms with van der Waals surface area (Å²) in [4.78, 5) is 31.8. The number of nitrogens with one attached hydrogen (secondary N) is 2. The first-order valence-electron chi connectivity index (χ1n) is 18.2. The molecule has 0 bridgehead atoms. The summed E-state index contributed by atoms with van der Waals surface area (Å²) >= 11 is 5.71. The van der Waals surface area contributed by atoms with Gasteiger partial charge in [0.15, 0.2) is 0 Å². The molecule has 2 fully saturated rings. The summed E-state index contributed by atoms with van der Waals surface area (Å²) in [5.41, 5.74) is 3.91. The molecule has 7 rings (SSSR count). The molecular formula is C40H51ClN4O7. The number of unbranched alkanes of at least 4 members (excludes halogenated alkanes) is 3. The molecule has 52 heavy (non-hydrogen) atoms. The van der Waals surface area contributed by atoms with Gasteiger partial charge in [-0.25, -0.2) is 0 Å². The molecule has 1 spiro atoms. The Bertz CT molecular complexity index is 1650. The quantitative estimate of drug-likeness (QED) is 0.117. The molecule has 0 radical (unpaired) electrons. The molecule has 0 saturated carbocycles. The first-order chi connectivity index (χ1) is 25.5. The number of rotatable bonds is 15. The maximum Gasteiger partial charge on any atom is 0.251 e. The number of hydrogen-bond acceptors (Lipinski definition) is 10. The van der Waals surface area contributed by atoms with E-state index < -0.39 is 5.41 Å². The first kappa shape index (κ1) is 39.2. The third-order valence-corrected chi connectivity index (χ3v) is 10.3. The number of alkyl halides is 1. The van der Waals surface area contributed by atoms with Crippen LogP contribution in [0.1, 0.15) is 75.9 Å². The van der Waals surface area contributed by atoms with Crippen molar-refractivity contribution >= 4 is 40.4 Å². The summed E-state index contributed by atoms with van der Waals surface area (Å²) in [5.74, 6) is 1.39. The Kier molecular flexibility index (Phi) is 14.1. The smallest absolute Gasteiger partial charge is 0.251 e. The first-order valence-corrected chi connectivity index (χ1v) is 18.7. The number of aliphatic hydroxyl groups excluding tert-OH is 2. The number of carbonyl (C=O) groups excluding carboxylic acids is 2. The minimum Gasteiger partial charge on any atom is -0.457 e. The molecule has 0 aromatic heterocycles. The minimum absolute atomic E-state index is 0.0277. The number of benzene rings is 3. The second kappa shape index (κ2) is 18.7. The van der Waals surface area contributed by atoms with E-state index in [-0.39, 0.29) is 17.4 Å². The van der Waals surface area contributed by atoms with Crippen molar-refractivity contribution in [3.8, 4) is 11.5 Å². The Hall–Kier alpha value is -4.00. The van der Waals surface area contributed by atoms with Crippen molar-refractivity contribution in [2.45, 2.75) is 43.9 Å². The van der Waals surface area contributed by atoms with Crippen LogP contribution in [0.15, 0.2) is 54.6 Å². The number of ether oxygens (including phenoxy) is 3. The summed E-state index contributed by atoms with van der Waals surface area (Å²) in [6, 6.07) is 17.3. The molecule has 0 atom stereocenters. The molecule has 0 unspecified atom stereocenters. The molecule has 280 valence electrons. The fourth-order valence-electron chi connectivity index (χ4n) is 7.12. The van der Waals surface area contributed by atoms with Gasteiger partial charge in [-0.3, -0.25) is 15.0 Å². The van der Waals surface area contributed by atoms with Gasteiger partial charge in [-0.1, -0.05) is 25.0 Å². The van der Waals surface area contributed by atoms with Crippen molar-refractivity contribution < 1.29 is 34.0 Å². The molecule has 1 amide bonds. The summed E-state index contributed by atoms with van der Waals surface area (Å²) in [5, 5.41) is 26.3. The molecule has 11 nitrogen and oxygen atoms in total. The predicted octanol–water partition coefficient (Wildman–Crippen LogP) is 5.54. The Balaban J connectivity index is 0.00000126. The number of hydrogen-bond donors (Lipinski definition) is 4. The number of fused-ring (bicyclic) bond motifs is 6. The van der Waals surface area contributed by atoms with Gasteiger partial charge >= 0.3 is 0 Å². The normalized spacial score (nSPS) is 15.9. The van der Waals surface area contributed by atoms with Gasteiger partial charge in [-0.2, -0.15) is 0 Å². The van der Waals surface area contributed by atoms with Crippen LogP contribution in [-0.4, -0.2) is 107 Å². The van der Waals surface area contributed by atoms with Gasteiger partial charge in [0.2, 0.25) is 5.78 Å². The zero-order valence-corrected chi connectivity index (χ0v) is 31.0. The largest absolute Gasteiger partial charge is 0.457 e. The van der Waals surface area contributed by atoms with Crippen LogP contribution in [0.4, 0.5) is 11.4 Å². The van der Waals surface area contributed by atoms with E-state index in [0.717, 1.165) is 101 Å². The summed E-state index contributed by atoms with van der Waals surface area (Å²) < 4.78 is 17.9. The van der Waals surface area contributed by atoms with Crippen LogP contribution in [0.3, 0.4) is 0 Å². The third-order valence-electron chi connectivity index (χ3n) is 10.0. The summed E-state index contributed by atoms with van der Waals surface area (Å²) in [6.07, 6.45) is 6.60. The lowest BCUT2D eigenvalue weighted by Crippen LogP contribution is -2.40. The van der Waals surface area contributed by atoms with E-state index >= 15 is 0 Å². The number of aliphatic hydroxyl groups is 2. The second-order valence-corrected chi connectivity index (χ2v) is 13.3. The van der Waals surface area contributed by atoms with Gasteiger partial charge in [0.25, 0.3) is 5.91 Å². The predicted molar refractivity (Wildman–Crippen MR) is 204 cm³/mol. The van der Waals surface area contributed by atoms with E-state index in [2.05, 4.69) is 27.2 Å². The Morgan fingerprint density at radius 2 is 1.37 bits per heavy atom. The topological polar surface area (TPSA) is 145 Å². The van der Waals surface area contributed by atoms with Crippen LogP contribution in [0.5, 0.6) is 11.5 Å². The lowest BCUT2D eigenvalue weighted by molar-refractivity contribution is 0.0468. The van der Waals surface area contributed by atoms with Crippen LogP contribution in [0.2, 0.25) is 0 Å². The zero-order valence-electron chi connectivity index (χ0n) is 30.2. The molecule has 3 heterocycles. The number of ketones is 1. The van der Waals surface area contributed by atoms with Gasteiger partial charge < -0.3 is 39.5 Å². The van der Waals surface area contributed by atoms with Gasteiger partial charge in [-0.05, 0) is 61.6 Å². The van der Waals surface area contributed by atoms with Crippen molar-refractivity contribution in [2.75, 3.05) is 89.1 Å². The summed E-state index contributed by atoms with van der Waals surface area (Å²) in [7, 11) is 2.00. The molecule has 12 heteroatoms. The Morgan fingerprint density at radius 1 is 0.788 bits per heavy atom. The number of amides is 1. The van der Waals surface area contributed by atoms with Crippen LogP contribution in [0.25, 0.3) is 0 Å². The van der Waals surface area contributed by atoms with E-state index in [4.69, 9.17) is 36.0 Å². The van der Waals surface area contributed by atoms with Crippen LogP contribution in [0, 0.1) is 5.41 Å². The standard InChI is InChI=1S/C38H43ClN4O5.2CH4O/c39-13-3-1-2-4-19-46-21-22-47-20-14-41-37(45)26-7-10-29-32(23-26)38(36(40)35(29)44)30-11-8-27(42-15-5-16-42)24-33(30)48-34-25-28(9-12-31(34)38)43-17-6-18-43;2*1-2/h7-12,23-25,40H,1-6,13-22H2,(H,41,45);2*2H,1H3. The molecule has 4 aliphatic rings.